The molecule has 0 bridgehead atoms. The van der Waals surface area contributed by atoms with Crippen LogP contribution in [0.4, 0.5) is 0 Å². The predicted octanol–water partition coefficient (Wildman–Crippen LogP) is 0.332. The number of hydrogen-bond acceptors (Lipinski definition) is 3. The smallest absolute Gasteiger partial charge is 0.375 e. The molecule has 0 unspecified atom stereocenters. The Bertz CT molecular complexity index is 257. The highest BCUT2D eigenvalue weighted by Crippen LogP contribution is 2.04. The van der Waals surface area contributed by atoms with Gasteiger partial charge in [0.2, 0.25) is 5.76 Å². The first-order valence-electron chi connectivity index (χ1n) is 2.84. The van der Waals surface area contributed by atoms with Crippen LogP contribution in [-0.4, -0.2) is 11.9 Å². The molecule has 0 saturated carbocycles. The molecule has 1 aromatic heterocycles. The Hall–Kier alpha value is -1.03. The third kappa shape index (κ3) is 1.27. The standard InChI is InChI=1S/C6H8O4/c1-4-5(3-8-2)10-6(7)9-4/h3H2,1-2H3/p+1. The first-order valence-corrected chi connectivity index (χ1v) is 2.84. The zero-order chi connectivity index (χ0) is 7.56. The second-order valence-electron chi connectivity index (χ2n) is 1.88. The van der Waals surface area contributed by atoms with E-state index in [2.05, 4.69) is 4.42 Å². The number of hydrogen-bond donors (Lipinski definition) is 0. The minimum Gasteiger partial charge on any atom is -0.375 e. The van der Waals surface area contributed by atoms with Crippen LogP contribution in [0.2, 0.25) is 0 Å². The van der Waals surface area contributed by atoms with E-state index in [0.29, 0.717) is 18.1 Å². The minimum absolute atomic E-state index is 0.315. The molecule has 0 aliphatic carbocycles. The van der Waals surface area contributed by atoms with Crippen LogP contribution in [0.5, 0.6) is 0 Å². The molecule has 1 N–H and O–H groups in total. The molecule has 0 amide bonds. The molecular weight excluding hydrogens is 136 g/mol. The predicted molar refractivity (Wildman–Crippen MR) is 31.5 cm³/mol. The molecule has 1 aromatic rings. The van der Waals surface area contributed by atoms with Gasteiger partial charge in [-0.05, 0) is 0 Å². The lowest BCUT2D eigenvalue weighted by Crippen LogP contribution is -1.91. The summed E-state index contributed by atoms with van der Waals surface area (Å²) in [4.78, 5) is 8.67. The largest absolute Gasteiger partial charge is 0.724 e. The molecule has 0 aromatic carbocycles. The Balaban J connectivity index is 2.92. The molecule has 0 atom stereocenters. The van der Waals surface area contributed by atoms with E-state index >= 15 is 0 Å². The van der Waals surface area contributed by atoms with Crippen molar-refractivity contribution in [2.75, 3.05) is 7.11 Å². The van der Waals surface area contributed by atoms with Crippen LogP contribution in [0, 0.1) is 6.92 Å². The normalized spacial score (nSPS) is 10.2. The van der Waals surface area contributed by atoms with Gasteiger partial charge in [0.15, 0.2) is 0 Å². The van der Waals surface area contributed by atoms with Crippen LogP contribution < -0.4 is 5.82 Å². The molecule has 10 heavy (non-hydrogen) atoms. The molecule has 56 valence electrons. The molecule has 0 saturated heterocycles. The van der Waals surface area contributed by atoms with Crippen LogP contribution in [0.3, 0.4) is 0 Å². The second kappa shape index (κ2) is 2.70. The molecule has 0 fully saturated rings. The lowest BCUT2D eigenvalue weighted by molar-refractivity contribution is 0.154. The fourth-order valence-electron chi connectivity index (χ4n) is 0.648. The SMILES string of the molecule is COCc1oc(=[OH+])oc1C. The van der Waals surface area contributed by atoms with Crippen LogP contribution in [0.25, 0.3) is 0 Å². The number of aryl methyl sites for hydroxylation is 1. The minimum atomic E-state index is -0.426. The van der Waals surface area contributed by atoms with Gasteiger partial charge in [-0.1, -0.05) is 0 Å². The maximum absolute atomic E-state index is 8.67. The first kappa shape index (κ1) is 7.08. The Labute approximate surface area is 57.4 Å². The van der Waals surface area contributed by atoms with Gasteiger partial charge < -0.3 is 9.53 Å². The van der Waals surface area contributed by atoms with Crippen molar-refractivity contribution in [2.24, 2.45) is 0 Å². The molecular formula is C6H9O4+. The maximum atomic E-state index is 8.67. The zero-order valence-electron chi connectivity index (χ0n) is 5.88. The highest BCUT2D eigenvalue weighted by molar-refractivity contribution is 4.97. The number of rotatable bonds is 2. The fourth-order valence-corrected chi connectivity index (χ4v) is 0.648. The van der Waals surface area contributed by atoms with Crippen LogP contribution >= 0.6 is 0 Å². The van der Waals surface area contributed by atoms with Gasteiger partial charge in [-0.3, -0.25) is 8.83 Å². The van der Waals surface area contributed by atoms with Crippen molar-refractivity contribution in [3.63, 3.8) is 0 Å². The molecule has 0 spiro atoms. The summed E-state index contributed by atoms with van der Waals surface area (Å²) >= 11 is 0. The van der Waals surface area contributed by atoms with Crippen LogP contribution in [0.1, 0.15) is 11.5 Å². The van der Waals surface area contributed by atoms with Crippen molar-refractivity contribution in [3.8, 4) is 0 Å². The van der Waals surface area contributed by atoms with Crippen molar-refractivity contribution in [3.05, 3.63) is 17.3 Å². The molecule has 1 rings (SSSR count). The van der Waals surface area contributed by atoms with E-state index in [4.69, 9.17) is 13.9 Å². The Morgan fingerprint density at radius 2 is 2.20 bits per heavy atom. The lowest BCUT2D eigenvalue weighted by Gasteiger charge is -1.84. The quantitative estimate of drug-likeness (QED) is 0.563. The second-order valence-corrected chi connectivity index (χ2v) is 1.88. The highest BCUT2D eigenvalue weighted by Gasteiger charge is 2.15. The van der Waals surface area contributed by atoms with Gasteiger partial charge in [0, 0.05) is 14.0 Å². The van der Waals surface area contributed by atoms with Gasteiger partial charge in [-0.25, -0.2) is 0 Å². The number of ether oxygens (including phenoxy) is 1. The summed E-state index contributed by atoms with van der Waals surface area (Å²) in [6, 6.07) is 0. The molecule has 4 nitrogen and oxygen atoms in total. The van der Waals surface area contributed by atoms with Crippen molar-refractivity contribution in [1.82, 2.24) is 0 Å². The molecule has 0 aliphatic heterocycles. The van der Waals surface area contributed by atoms with E-state index in [0.717, 1.165) is 0 Å². The highest BCUT2D eigenvalue weighted by atomic mass is 16.6. The summed E-state index contributed by atoms with van der Waals surface area (Å²) in [5, 5.41) is 0. The third-order valence-electron chi connectivity index (χ3n) is 1.12. The Kier molecular flexibility index (Phi) is 1.91. The third-order valence-corrected chi connectivity index (χ3v) is 1.12. The van der Waals surface area contributed by atoms with E-state index in [1.807, 2.05) is 0 Å². The van der Waals surface area contributed by atoms with Crippen molar-refractivity contribution < 1.29 is 18.4 Å². The Morgan fingerprint density at radius 3 is 2.60 bits per heavy atom. The summed E-state index contributed by atoms with van der Waals surface area (Å²) in [5.41, 5.74) is 0. The van der Waals surface area contributed by atoms with Crippen molar-refractivity contribution in [1.29, 1.82) is 0 Å². The summed E-state index contributed by atoms with van der Waals surface area (Å²) in [6.07, 6.45) is 0. The topological polar surface area (TPSA) is 56.9 Å². The van der Waals surface area contributed by atoms with Gasteiger partial charge in [-0.2, -0.15) is 0 Å². The van der Waals surface area contributed by atoms with E-state index in [1.54, 1.807) is 14.0 Å². The van der Waals surface area contributed by atoms with Gasteiger partial charge in [0.25, 0.3) is 5.76 Å². The summed E-state index contributed by atoms with van der Waals surface area (Å²) in [6.45, 7) is 2.01. The summed E-state index contributed by atoms with van der Waals surface area (Å²) < 4.78 is 14.2. The zero-order valence-corrected chi connectivity index (χ0v) is 5.88. The van der Waals surface area contributed by atoms with Crippen LogP contribution in [-0.2, 0) is 11.3 Å². The summed E-state index contributed by atoms with van der Waals surface area (Å²) in [5.74, 6) is 0.629. The van der Waals surface area contributed by atoms with Gasteiger partial charge in [0.1, 0.15) is 6.61 Å². The van der Waals surface area contributed by atoms with Gasteiger partial charge >= 0.3 is 5.82 Å². The fraction of sp³-hybridized carbons (Fsp3) is 0.500. The Morgan fingerprint density at radius 1 is 1.50 bits per heavy atom. The van der Waals surface area contributed by atoms with Crippen molar-refractivity contribution in [2.45, 2.75) is 13.5 Å². The van der Waals surface area contributed by atoms with Crippen LogP contribution in [0.15, 0.2) is 8.83 Å². The molecule has 4 heteroatoms. The first-order chi connectivity index (χ1) is 4.74. The maximum Gasteiger partial charge on any atom is 0.724 e. The average Bonchev–Trinajstić information content (AvgIpc) is 2.13. The van der Waals surface area contributed by atoms with E-state index < -0.39 is 5.82 Å². The van der Waals surface area contributed by atoms with E-state index in [9.17, 15) is 0 Å². The van der Waals surface area contributed by atoms with Crippen molar-refractivity contribution >= 4 is 0 Å². The molecule has 1 heterocycles. The van der Waals surface area contributed by atoms with E-state index in [-0.39, 0.29) is 0 Å². The molecule has 0 radical (unpaired) electrons. The van der Waals surface area contributed by atoms with E-state index in [1.165, 1.54) is 0 Å². The number of methoxy groups -OCH3 is 1. The summed E-state index contributed by atoms with van der Waals surface area (Å²) in [7, 11) is 1.54. The lowest BCUT2D eigenvalue weighted by atomic mass is 10.4. The molecule has 0 aliphatic rings. The monoisotopic (exact) mass is 145 g/mol. The van der Waals surface area contributed by atoms with Gasteiger partial charge in [0.05, 0.1) is 0 Å². The average molecular weight is 145 g/mol. The van der Waals surface area contributed by atoms with Gasteiger partial charge in [-0.15, -0.1) is 0 Å².